The SMILES string of the molecule is CCS(=O)(=O)c1ccc(-c2ccc(C(CN3CCCC3)N(C)C(=O)C(NC)c3ccc(Cl)c(Cl)c3)cc2)cc1. The molecule has 208 valence electrons. The molecule has 1 N–H and O–H groups in total. The Morgan fingerprint density at radius 1 is 0.923 bits per heavy atom. The van der Waals surface area contributed by atoms with Gasteiger partial charge in [-0.05, 0) is 79.5 Å². The summed E-state index contributed by atoms with van der Waals surface area (Å²) < 4.78 is 24.3. The number of carbonyl (C=O) groups excluding carboxylic acids is 1. The molecule has 0 aliphatic carbocycles. The number of sulfone groups is 1. The summed E-state index contributed by atoms with van der Waals surface area (Å²) in [7, 11) is 0.377. The minimum atomic E-state index is -3.24. The van der Waals surface area contributed by atoms with Crippen molar-refractivity contribution >= 4 is 38.9 Å². The molecule has 1 aliphatic rings. The number of likely N-dealkylation sites (N-methyl/N-ethyl adjacent to an activating group) is 2. The Morgan fingerprint density at radius 3 is 2.03 bits per heavy atom. The molecule has 0 aromatic heterocycles. The Kier molecular flexibility index (Phi) is 9.73. The third-order valence-corrected chi connectivity index (χ3v) is 9.97. The second-order valence-corrected chi connectivity index (χ2v) is 13.0. The highest BCUT2D eigenvalue weighted by Gasteiger charge is 2.30. The van der Waals surface area contributed by atoms with Crippen molar-refractivity contribution in [2.45, 2.75) is 36.7 Å². The van der Waals surface area contributed by atoms with Gasteiger partial charge in [-0.2, -0.15) is 0 Å². The van der Waals surface area contributed by atoms with E-state index in [0.29, 0.717) is 14.9 Å². The summed E-state index contributed by atoms with van der Waals surface area (Å²) in [6.07, 6.45) is 2.32. The molecule has 0 bridgehead atoms. The number of likely N-dealkylation sites (tertiary alicyclic amines) is 1. The minimum absolute atomic E-state index is 0.0584. The van der Waals surface area contributed by atoms with E-state index < -0.39 is 15.9 Å². The molecular weight excluding hydrogens is 553 g/mol. The average Bonchev–Trinajstić information content (AvgIpc) is 3.47. The molecule has 2 atom stereocenters. The molecule has 1 saturated heterocycles. The summed E-state index contributed by atoms with van der Waals surface area (Å²) in [6, 6.07) is 19.7. The molecule has 1 fully saturated rings. The molecule has 3 aromatic carbocycles. The van der Waals surface area contributed by atoms with E-state index in [2.05, 4.69) is 22.3 Å². The summed E-state index contributed by atoms with van der Waals surface area (Å²) in [5, 5.41) is 4.01. The van der Waals surface area contributed by atoms with Crippen LogP contribution in [0.25, 0.3) is 11.1 Å². The normalized spacial score (nSPS) is 15.7. The maximum Gasteiger partial charge on any atom is 0.244 e. The topological polar surface area (TPSA) is 69.7 Å². The fourth-order valence-corrected chi connectivity index (χ4v) is 6.25. The van der Waals surface area contributed by atoms with E-state index in [4.69, 9.17) is 23.2 Å². The highest BCUT2D eigenvalue weighted by molar-refractivity contribution is 7.91. The van der Waals surface area contributed by atoms with E-state index in [-0.39, 0.29) is 17.7 Å². The smallest absolute Gasteiger partial charge is 0.244 e. The van der Waals surface area contributed by atoms with Crippen LogP contribution in [-0.4, -0.2) is 63.6 Å². The van der Waals surface area contributed by atoms with Crippen LogP contribution in [0, 0.1) is 0 Å². The summed E-state index contributed by atoms with van der Waals surface area (Å²) >= 11 is 12.4. The zero-order valence-corrected chi connectivity index (χ0v) is 24.9. The zero-order chi connectivity index (χ0) is 28.2. The van der Waals surface area contributed by atoms with Crippen LogP contribution in [0.15, 0.2) is 71.6 Å². The van der Waals surface area contributed by atoms with Gasteiger partial charge in [0, 0.05) is 13.6 Å². The number of amides is 1. The van der Waals surface area contributed by atoms with Gasteiger partial charge in [-0.25, -0.2) is 8.42 Å². The second-order valence-electron chi connectivity index (χ2n) is 9.92. The standard InChI is InChI=1S/C30H35Cl2N3O3S/c1-4-39(37,38)25-14-11-22(12-15-25)21-7-9-23(10-8-21)28(20-35-17-5-6-18-35)34(3)30(36)29(33-2)24-13-16-26(31)27(32)19-24/h7-16,19,28-29,33H,4-6,17-18,20H2,1-3H3. The minimum Gasteiger partial charge on any atom is -0.336 e. The van der Waals surface area contributed by atoms with E-state index in [0.717, 1.165) is 54.7 Å². The van der Waals surface area contributed by atoms with Crippen molar-refractivity contribution in [3.63, 3.8) is 0 Å². The predicted octanol–water partition coefficient (Wildman–Crippen LogP) is 6.01. The Balaban J connectivity index is 1.60. The highest BCUT2D eigenvalue weighted by atomic mass is 35.5. The number of carbonyl (C=O) groups is 1. The van der Waals surface area contributed by atoms with E-state index in [1.54, 1.807) is 38.2 Å². The number of nitrogens with one attached hydrogen (secondary N) is 1. The third-order valence-electron chi connectivity index (χ3n) is 7.48. The molecule has 6 nitrogen and oxygen atoms in total. The molecule has 1 aliphatic heterocycles. The lowest BCUT2D eigenvalue weighted by Crippen LogP contribution is -2.43. The fraction of sp³-hybridized carbons (Fsp3) is 0.367. The second kappa shape index (κ2) is 12.8. The predicted molar refractivity (Wildman–Crippen MR) is 159 cm³/mol. The van der Waals surface area contributed by atoms with Crippen LogP contribution in [-0.2, 0) is 14.6 Å². The zero-order valence-electron chi connectivity index (χ0n) is 22.5. The van der Waals surface area contributed by atoms with Gasteiger partial charge < -0.3 is 15.1 Å². The monoisotopic (exact) mass is 587 g/mol. The van der Waals surface area contributed by atoms with Gasteiger partial charge >= 0.3 is 0 Å². The van der Waals surface area contributed by atoms with Crippen LogP contribution in [0.4, 0.5) is 0 Å². The van der Waals surface area contributed by atoms with Crippen molar-refractivity contribution in [3.8, 4) is 11.1 Å². The van der Waals surface area contributed by atoms with Gasteiger partial charge in [0.1, 0.15) is 6.04 Å². The molecule has 2 unspecified atom stereocenters. The fourth-order valence-electron chi connectivity index (χ4n) is 5.06. The first kappa shape index (κ1) is 29.6. The van der Waals surface area contributed by atoms with Gasteiger partial charge in [0.2, 0.25) is 5.91 Å². The first-order valence-corrected chi connectivity index (χ1v) is 15.6. The molecule has 0 spiro atoms. The van der Waals surface area contributed by atoms with Crippen LogP contribution >= 0.6 is 23.2 Å². The quantitative estimate of drug-likeness (QED) is 0.314. The van der Waals surface area contributed by atoms with Crippen LogP contribution < -0.4 is 5.32 Å². The Morgan fingerprint density at radius 2 is 1.49 bits per heavy atom. The van der Waals surface area contributed by atoms with E-state index in [1.807, 2.05) is 42.3 Å². The lowest BCUT2D eigenvalue weighted by molar-refractivity contribution is -0.134. The molecule has 39 heavy (non-hydrogen) atoms. The van der Waals surface area contributed by atoms with Gasteiger partial charge in [-0.15, -0.1) is 0 Å². The van der Waals surface area contributed by atoms with Gasteiger partial charge in [0.15, 0.2) is 9.84 Å². The van der Waals surface area contributed by atoms with Gasteiger partial charge in [0.05, 0.1) is 26.7 Å². The number of benzene rings is 3. The number of halogens is 2. The lowest BCUT2D eigenvalue weighted by Gasteiger charge is -2.34. The van der Waals surface area contributed by atoms with Crippen molar-refractivity contribution in [1.29, 1.82) is 0 Å². The van der Waals surface area contributed by atoms with Crippen LogP contribution in [0.3, 0.4) is 0 Å². The van der Waals surface area contributed by atoms with Gasteiger partial charge in [-0.3, -0.25) is 4.79 Å². The number of rotatable bonds is 10. The van der Waals surface area contributed by atoms with Gasteiger partial charge in [0.25, 0.3) is 0 Å². The van der Waals surface area contributed by atoms with Crippen molar-refractivity contribution in [2.24, 2.45) is 0 Å². The van der Waals surface area contributed by atoms with Crippen molar-refractivity contribution in [3.05, 3.63) is 87.9 Å². The Labute approximate surface area is 241 Å². The summed E-state index contributed by atoms with van der Waals surface area (Å²) in [5.41, 5.74) is 3.72. The number of hydrogen-bond acceptors (Lipinski definition) is 5. The molecular formula is C30H35Cl2N3O3S. The van der Waals surface area contributed by atoms with E-state index in [9.17, 15) is 13.2 Å². The maximum atomic E-state index is 13.8. The average molecular weight is 589 g/mol. The first-order valence-electron chi connectivity index (χ1n) is 13.2. The largest absolute Gasteiger partial charge is 0.336 e. The molecule has 9 heteroatoms. The number of hydrogen-bond donors (Lipinski definition) is 1. The Bertz CT molecular complexity index is 1390. The maximum absolute atomic E-state index is 13.8. The van der Waals surface area contributed by atoms with Crippen molar-refractivity contribution < 1.29 is 13.2 Å². The van der Waals surface area contributed by atoms with Crippen LogP contribution in [0.1, 0.15) is 43.0 Å². The highest BCUT2D eigenvalue weighted by Crippen LogP contribution is 2.31. The summed E-state index contributed by atoms with van der Waals surface area (Å²) in [4.78, 5) is 18.4. The Hall–Kier alpha value is -2.42. The molecule has 4 rings (SSSR count). The molecule has 0 radical (unpaired) electrons. The van der Waals surface area contributed by atoms with E-state index in [1.165, 1.54) is 0 Å². The van der Waals surface area contributed by atoms with Gasteiger partial charge in [-0.1, -0.05) is 72.6 Å². The third kappa shape index (κ3) is 6.84. The van der Waals surface area contributed by atoms with Crippen molar-refractivity contribution in [1.82, 2.24) is 15.1 Å². The summed E-state index contributed by atoms with van der Waals surface area (Å²) in [5.74, 6) is 0.0161. The molecule has 3 aromatic rings. The first-order chi connectivity index (χ1) is 18.6. The van der Waals surface area contributed by atoms with Crippen LogP contribution in [0.2, 0.25) is 10.0 Å². The van der Waals surface area contributed by atoms with Crippen molar-refractivity contribution in [2.75, 3.05) is 39.5 Å². The molecule has 1 heterocycles. The number of nitrogens with zero attached hydrogens (tertiary/aromatic N) is 2. The van der Waals surface area contributed by atoms with Crippen LogP contribution in [0.5, 0.6) is 0 Å². The summed E-state index contributed by atoms with van der Waals surface area (Å²) in [6.45, 7) is 4.42. The molecule has 0 saturated carbocycles. The lowest BCUT2D eigenvalue weighted by atomic mass is 9.98. The molecule has 1 amide bonds. The van der Waals surface area contributed by atoms with E-state index >= 15 is 0 Å².